The summed E-state index contributed by atoms with van der Waals surface area (Å²) in [6.07, 6.45) is 0.724. The number of rotatable bonds is 5. The SMILES string of the molecule is CC(=O)C(Cc1ccc(-c2ccccc2)cc1)NC(C)(C)C. The fourth-order valence-electron chi connectivity index (χ4n) is 2.52. The molecule has 0 saturated carbocycles. The van der Waals surface area contributed by atoms with Crippen LogP contribution in [0.15, 0.2) is 54.6 Å². The lowest BCUT2D eigenvalue weighted by atomic mass is 9.97. The third-order valence-electron chi connectivity index (χ3n) is 3.60. The molecule has 0 heterocycles. The lowest BCUT2D eigenvalue weighted by Gasteiger charge is -2.27. The Bertz CT molecular complexity index is 608. The van der Waals surface area contributed by atoms with Crippen molar-refractivity contribution >= 4 is 5.78 Å². The Morgan fingerprint density at radius 2 is 1.50 bits per heavy atom. The molecule has 0 aliphatic heterocycles. The zero-order chi connectivity index (χ0) is 16.2. The highest BCUT2D eigenvalue weighted by molar-refractivity contribution is 5.82. The molecule has 2 aromatic rings. The average molecular weight is 295 g/mol. The summed E-state index contributed by atoms with van der Waals surface area (Å²) in [6.45, 7) is 7.91. The van der Waals surface area contributed by atoms with Crippen LogP contribution in [0.1, 0.15) is 33.3 Å². The Balaban J connectivity index is 2.11. The van der Waals surface area contributed by atoms with E-state index in [1.165, 1.54) is 16.7 Å². The van der Waals surface area contributed by atoms with E-state index in [9.17, 15) is 4.79 Å². The van der Waals surface area contributed by atoms with Crippen molar-refractivity contribution in [3.05, 3.63) is 60.2 Å². The maximum absolute atomic E-state index is 11.9. The summed E-state index contributed by atoms with van der Waals surface area (Å²) in [5, 5.41) is 3.40. The van der Waals surface area contributed by atoms with E-state index >= 15 is 0 Å². The average Bonchev–Trinajstić information content (AvgIpc) is 2.47. The van der Waals surface area contributed by atoms with Gasteiger partial charge in [-0.25, -0.2) is 0 Å². The van der Waals surface area contributed by atoms with Crippen LogP contribution in [0, 0.1) is 0 Å². The van der Waals surface area contributed by atoms with E-state index in [2.05, 4.69) is 62.5 Å². The Labute approximate surface area is 133 Å². The zero-order valence-electron chi connectivity index (χ0n) is 13.9. The predicted octanol–water partition coefficient (Wildman–Crippen LogP) is 4.24. The van der Waals surface area contributed by atoms with Gasteiger partial charge in [0.05, 0.1) is 6.04 Å². The molecule has 1 atom stereocenters. The van der Waals surface area contributed by atoms with Crippen molar-refractivity contribution in [2.75, 3.05) is 0 Å². The van der Waals surface area contributed by atoms with Crippen molar-refractivity contribution in [2.24, 2.45) is 0 Å². The van der Waals surface area contributed by atoms with Crippen LogP contribution in [0.4, 0.5) is 0 Å². The van der Waals surface area contributed by atoms with Crippen molar-refractivity contribution in [3.8, 4) is 11.1 Å². The fraction of sp³-hybridized carbons (Fsp3) is 0.350. The van der Waals surface area contributed by atoms with Crippen LogP contribution in [-0.4, -0.2) is 17.4 Å². The van der Waals surface area contributed by atoms with E-state index in [-0.39, 0.29) is 17.4 Å². The van der Waals surface area contributed by atoms with Gasteiger partial charge in [-0.3, -0.25) is 4.79 Å². The summed E-state index contributed by atoms with van der Waals surface area (Å²) < 4.78 is 0. The standard InChI is InChI=1S/C20H25NO/c1-15(22)19(21-20(2,3)4)14-16-10-12-18(13-11-16)17-8-6-5-7-9-17/h5-13,19,21H,14H2,1-4H3. The largest absolute Gasteiger partial charge is 0.302 e. The molecule has 2 nitrogen and oxygen atoms in total. The highest BCUT2D eigenvalue weighted by Crippen LogP contribution is 2.20. The van der Waals surface area contributed by atoms with Gasteiger partial charge in [-0.1, -0.05) is 54.6 Å². The van der Waals surface area contributed by atoms with E-state index in [4.69, 9.17) is 0 Å². The number of Topliss-reactive ketones (excluding diaryl/α,β-unsaturated/α-hetero) is 1. The molecule has 0 spiro atoms. The normalized spacial score (nSPS) is 12.9. The lowest BCUT2D eigenvalue weighted by molar-refractivity contribution is -0.119. The van der Waals surface area contributed by atoms with Crippen LogP contribution in [0.2, 0.25) is 0 Å². The Morgan fingerprint density at radius 3 is 2.00 bits per heavy atom. The molecule has 2 heteroatoms. The molecule has 0 bridgehead atoms. The summed E-state index contributed by atoms with van der Waals surface area (Å²) in [5.74, 6) is 0.182. The number of ketones is 1. The van der Waals surface area contributed by atoms with Crippen LogP contribution in [-0.2, 0) is 11.2 Å². The highest BCUT2D eigenvalue weighted by Gasteiger charge is 2.21. The molecular formula is C20H25NO. The predicted molar refractivity (Wildman–Crippen MR) is 92.9 cm³/mol. The van der Waals surface area contributed by atoms with Gasteiger partial charge >= 0.3 is 0 Å². The van der Waals surface area contributed by atoms with Gasteiger partial charge in [0.1, 0.15) is 5.78 Å². The van der Waals surface area contributed by atoms with E-state index in [1.807, 2.05) is 18.2 Å². The molecule has 1 unspecified atom stereocenters. The summed E-state index contributed by atoms with van der Waals surface area (Å²) in [7, 11) is 0. The number of carbonyl (C=O) groups is 1. The van der Waals surface area contributed by atoms with Crippen LogP contribution in [0.3, 0.4) is 0 Å². The van der Waals surface area contributed by atoms with Crippen molar-refractivity contribution in [1.29, 1.82) is 0 Å². The van der Waals surface area contributed by atoms with Crippen LogP contribution >= 0.6 is 0 Å². The molecule has 1 N–H and O–H groups in total. The summed E-state index contributed by atoms with van der Waals surface area (Å²) >= 11 is 0. The number of hydrogen-bond acceptors (Lipinski definition) is 2. The van der Waals surface area contributed by atoms with Gasteiger partial charge in [0.2, 0.25) is 0 Å². The Hall–Kier alpha value is -1.93. The summed E-state index contributed by atoms with van der Waals surface area (Å²) in [6, 6.07) is 18.7. The van der Waals surface area contributed by atoms with Gasteiger partial charge in [0.25, 0.3) is 0 Å². The number of carbonyl (C=O) groups excluding carboxylic acids is 1. The second kappa shape index (κ2) is 6.89. The third-order valence-corrected chi connectivity index (χ3v) is 3.60. The summed E-state index contributed by atoms with van der Waals surface area (Å²) in [5.41, 5.74) is 3.52. The monoisotopic (exact) mass is 295 g/mol. The number of nitrogens with one attached hydrogen (secondary N) is 1. The molecule has 2 aromatic carbocycles. The first-order chi connectivity index (χ1) is 10.3. The van der Waals surface area contributed by atoms with E-state index in [1.54, 1.807) is 6.92 Å². The first-order valence-corrected chi connectivity index (χ1v) is 7.78. The molecule has 0 aliphatic rings. The van der Waals surface area contributed by atoms with Crippen LogP contribution in [0.25, 0.3) is 11.1 Å². The Morgan fingerprint density at radius 1 is 0.955 bits per heavy atom. The minimum Gasteiger partial charge on any atom is -0.302 e. The smallest absolute Gasteiger partial charge is 0.147 e. The quantitative estimate of drug-likeness (QED) is 0.894. The van der Waals surface area contributed by atoms with Gasteiger partial charge in [-0.05, 0) is 50.8 Å². The van der Waals surface area contributed by atoms with Gasteiger partial charge in [-0.15, -0.1) is 0 Å². The van der Waals surface area contributed by atoms with Gasteiger partial charge in [-0.2, -0.15) is 0 Å². The molecule has 0 saturated heterocycles. The number of benzene rings is 2. The van der Waals surface area contributed by atoms with Crippen molar-refractivity contribution in [3.63, 3.8) is 0 Å². The number of hydrogen-bond donors (Lipinski definition) is 1. The highest BCUT2D eigenvalue weighted by atomic mass is 16.1. The first-order valence-electron chi connectivity index (χ1n) is 7.78. The van der Waals surface area contributed by atoms with Crippen molar-refractivity contribution in [2.45, 2.75) is 45.7 Å². The lowest BCUT2D eigenvalue weighted by Crippen LogP contribution is -2.48. The van der Waals surface area contributed by atoms with Gasteiger partial charge in [0.15, 0.2) is 0 Å². The molecule has 22 heavy (non-hydrogen) atoms. The maximum Gasteiger partial charge on any atom is 0.147 e. The van der Waals surface area contributed by atoms with Crippen LogP contribution < -0.4 is 5.32 Å². The first kappa shape index (κ1) is 16.4. The minimum atomic E-state index is -0.137. The molecule has 0 amide bonds. The van der Waals surface area contributed by atoms with Crippen molar-refractivity contribution in [1.82, 2.24) is 5.32 Å². The van der Waals surface area contributed by atoms with E-state index < -0.39 is 0 Å². The molecular weight excluding hydrogens is 270 g/mol. The molecule has 2 rings (SSSR count). The van der Waals surface area contributed by atoms with E-state index in [0.717, 1.165) is 6.42 Å². The van der Waals surface area contributed by atoms with Gasteiger partial charge in [0, 0.05) is 5.54 Å². The van der Waals surface area contributed by atoms with E-state index in [0.29, 0.717) is 0 Å². The third kappa shape index (κ3) is 4.81. The van der Waals surface area contributed by atoms with Crippen molar-refractivity contribution < 1.29 is 4.79 Å². The molecule has 0 radical (unpaired) electrons. The molecule has 0 aliphatic carbocycles. The van der Waals surface area contributed by atoms with Gasteiger partial charge < -0.3 is 5.32 Å². The zero-order valence-corrected chi connectivity index (χ0v) is 13.9. The maximum atomic E-state index is 11.9. The summed E-state index contributed by atoms with van der Waals surface area (Å²) in [4.78, 5) is 11.9. The molecule has 0 aromatic heterocycles. The topological polar surface area (TPSA) is 29.1 Å². The second-order valence-electron chi connectivity index (χ2n) is 6.82. The second-order valence-corrected chi connectivity index (χ2v) is 6.82. The van der Waals surface area contributed by atoms with Crippen LogP contribution in [0.5, 0.6) is 0 Å². The Kier molecular flexibility index (Phi) is 5.15. The molecule has 0 fully saturated rings. The molecule has 116 valence electrons. The minimum absolute atomic E-state index is 0.0691. The fourth-order valence-corrected chi connectivity index (χ4v) is 2.52.